The first-order valence-electron chi connectivity index (χ1n) is 10.5. The third kappa shape index (κ3) is 6.15. The van der Waals surface area contributed by atoms with Gasteiger partial charge in [-0.1, -0.05) is 46.3 Å². The molecule has 0 bridgehead atoms. The van der Waals surface area contributed by atoms with Crippen molar-refractivity contribution in [3.8, 4) is 0 Å². The highest BCUT2D eigenvalue weighted by atomic mass is 79.9. The van der Waals surface area contributed by atoms with E-state index in [0.717, 1.165) is 20.1 Å². The summed E-state index contributed by atoms with van der Waals surface area (Å²) < 4.78 is 35.0. The predicted molar refractivity (Wildman–Crippen MR) is 140 cm³/mol. The number of hydrogen-bond donors (Lipinski definition) is 2. The van der Waals surface area contributed by atoms with Gasteiger partial charge in [0.2, 0.25) is 15.9 Å². The Morgan fingerprint density at radius 1 is 1.00 bits per heavy atom. The van der Waals surface area contributed by atoms with Gasteiger partial charge in [0, 0.05) is 14.9 Å². The molecule has 4 rings (SSSR count). The topological polar surface area (TPSA) is 102 Å². The SMILES string of the molecule is COC(=O)c1cc2cc(NC(=O)[C@H](Cc3ccccc3)NS(=O)(=O)c3ccc(Br)cc3)ccc2s1. The van der Waals surface area contributed by atoms with Crippen molar-refractivity contribution in [1.29, 1.82) is 0 Å². The first-order valence-corrected chi connectivity index (χ1v) is 13.6. The van der Waals surface area contributed by atoms with Crippen LogP contribution in [0.25, 0.3) is 10.1 Å². The molecule has 2 N–H and O–H groups in total. The summed E-state index contributed by atoms with van der Waals surface area (Å²) in [5, 5.41) is 3.57. The zero-order valence-corrected chi connectivity index (χ0v) is 21.7. The smallest absolute Gasteiger partial charge is 0.348 e. The number of esters is 1. The molecule has 0 unspecified atom stereocenters. The van der Waals surface area contributed by atoms with Gasteiger partial charge in [-0.3, -0.25) is 4.79 Å². The van der Waals surface area contributed by atoms with Crippen LogP contribution in [0.1, 0.15) is 15.2 Å². The molecule has 4 aromatic rings. The lowest BCUT2D eigenvalue weighted by Crippen LogP contribution is -2.45. The molecular weight excluding hydrogens is 552 g/mol. The second-order valence-corrected chi connectivity index (χ2v) is 11.4. The molecule has 35 heavy (non-hydrogen) atoms. The number of amides is 1. The molecule has 1 atom stereocenters. The summed E-state index contributed by atoms with van der Waals surface area (Å²) in [6.45, 7) is 0. The van der Waals surface area contributed by atoms with Crippen molar-refractivity contribution >= 4 is 64.9 Å². The summed E-state index contributed by atoms with van der Waals surface area (Å²) in [4.78, 5) is 25.6. The molecule has 0 aliphatic rings. The van der Waals surface area contributed by atoms with Gasteiger partial charge in [0.15, 0.2) is 0 Å². The van der Waals surface area contributed by atoms with E-state index in [4.69, 9.17) is 4.74 Å². The number of carbonyl (C=O) groups is 2. The third-order valence-electron chi connectivity index (χ3n) is 5.19. The fraction of sp³-hybridized carbons (Fsp3) is 0.120. The normalized spacial score (nSPS) is 12.3. The molecule has 1 heterocycles. The molecule has 1 amide bonds. The number of benzene rings is 3. The molecule has 1 aromatic heterocycles. The monoisotopic (exact) mass is 572 g/mol. The van der Waals surface area contributed by atoms with Crippen LogP contribution in [0, 0.1) is 0 Å². The van der Waals surface area contributed by atoms with E-state index >= 15 is 0 Å². The van der Waals surface area contributed by atoms with Crippen LogP contribution >= 0.6 is 27.3 Å². The lowest BCUT2D eigenvalue weighted by molar-refractivity contribution is -0.117. The van der Waals surface area contributed by atoms with Crippen molar-refractivity contribution in [2.24, 2.45) is 0 Å². The minimum atomic E-state index is -3.96. The standard InChI is InChI=1S/C25H21BrN2O5S2/c1-33-25(30)23-15-17-14-19(9-12-22(17)34-23)27-24(29)21(13-16-5-3-2-4-6-16)28-35(31,32)20-10-7-18(26)8-11-20/h2-12,14-15,21,28H,13H2,1H3,(H,27,29)/t21-/m0/s1. The average molecular weight is 573 g/mol. The van der Waals surface area contributed by atoms with E-state index in [2.05, 4.69) is 26.0 Å². The summed E-state index contributed by atoms with van der Waals surface area (Å²) in [5.41, 5.74) is 1.29. The second-order valence-electron chi connectivity index (χ2n) is 7.66. The van der Waals surface area contributed by atoms with Gasteiger partial charge < -0.3 is 10.1 Å². The Balaban J connectivity index is 1.59. The third-order valence-corrected chi connectivity index (χ3v) is 8.30. The molecule has 3 aromatic carbocycles. The van der Waals surface area contributed by atoms with Gasteiger partial charge in [0.1, 0.15) is 10.9 Å². The number of carbonyl (C=O) groups excluding carboxylic acids is 2. The highest BCUT2D eigenvalue weighted by Crippen LogP contribution is 2.29. The number of anilines is 1. The minimum absolute atomic E-state index is 0.0570. The molecule has 0 aliphatic carbocycles. The van der Waals surface area contributed by atoms with Crippen LogP contribution in [0.2, 0.25) is 0 Å². The van der Waals surface area contributed by atoms with Crippen LogP contribution in [-0.4, -0.2) is 33.4 Å². The van der Waals surface area contributed by atoms with E-state index in [-0.39, 0.29) is 11.3 Å². The van der Waals surface area contributed by atoms with E-state index in [9.17, 15) is 18.0 Å². The highest BCUT2D eigenvalue weighted by Gasteiger charge is 2.26. The quantitative estimate of drug-likeness (QED) is 0.290. The number of nitrogens with one attached hydrogen (secondary N) is 2. The van der Waals surface area contributed by atoms with Crippen LogP contribution in [0.5, 0.6) is 0 Å². The summed E-state index contributed by atoms with van der Waals surface area (Å²) in [5.74, 6) is -0.931. The maximum Gasteiger partial charge on any atom is 0.348 e. The van der Waals surface area contributed by atoms with Crippen molar-refractivity contribution in [3.63, 3.8) is 0 Å². The second kappa shape index (κ2) is 10.7. The Hall–Kier alpha value is -3.05. The Morgan fingerprint density at radius 3 is 2.40 bits per heavy atom. The van der Waals surface area contributed by atoms with E-state index in [1.54, 1.807) is 36.4 Å². The van der Waals surface area contributed by atoms with Crippen molar-refractivity contribution in [2.45, 2.75) is 17.4 Å². The number of ether oxygens (including phenoxy) is 1. The van der Waals surface area contributed by atoms with E-state index in [0.29, 0.717) is 10.6 Å². The van der Waals surface area contributed by atoms with Gasteiger partial charge in [-0.2, -0.15) is 4.72 Å². The van der Waals surface area contributed by atoms with E-state index in [1.165, 1.54) is 30.6 Å². The summed E-state index contributed by atoms with van der Waals surface area (Å²) in [6, 6.07) is 21.2. The molecule has 0 fully saturated rings. The summed E-state index contributed by atoms with van der Waals surface area (Å²) in [7, 11) is -2.64. The van der Waals surface area contributed by atoms with Crippen molar-refractivity contribution < 1.29 is 22.7 Å². The van der Waals surface area contributed by atoms with Crippen LogP contribution in [-0.2, 0) is 26.0 Å². The molecule has 0 radical (unpaired) electrons. The molecule has 7 nitrogen and oxygen atoms in total. The van der Waals surface area contributed by atoms with Crippen molar-refractivity contribution in [1.82, 2.24) is 4.72 Å². The maximum atomic E-state index is 13.3. The Morgan fingerprint density at radius 2 is 1.71 bits per heavy atom. The maximum absolute atomic E-state index is 13.3. The Kier molecular flexibility index (Phi) is 7.66. The number of thiophene rings is 1. The number of rotatable bonds is 8. The Labute approximate surface area is 215 Å². The van der Waals surface area contributed by atoms with E-state index in [1.807, 2.05) is 30.3 Å². The lowest BCUT2D eigenvalue weighted by atomic mass is 10.1. The largest absolute Gasteiger partial charge is 0.465 e. The first kappa shape index (κ1) is 25.1. The van der Waals surface area contributed by atoms with Gasteiger partial charge in [0.05, 0.1) is 12.0 Å². The average Bonchev–Trinajstić information content (AvgIpc) is 3.27. The molecule has 0 spiro atoms. The van der Waals surface area contributed by atoms with Crippen LogP contribution in [0.15, 0.2) is 88.2 Å². The number of hydrogen-bond acceptors (Lipinski definition) is 6. The molecule has 0 saturated carbocycles. The van der Waals surface area contributed by atoms with Crippen LogP contribution < -0.4 is 10.0 Å². The molecule has 180 valence electrons. The van der Waals surface area contributed by atoms with Gasteiger partial charge in [-0.05, 0) is 65.9 Å². The predicted octanol–water partition coefficient (Wildman–Crippen LogP) is 4.98. The fourth-order valence-electron chi connectivity index (χ4n) is 3.46. The molecule has 0 aliphatic heterocycles. The molecular formula is C25H21BrN2O5S2. The first-order chi connectivity index (χ1) is 16.7. The Bertz CT molecular complexity index is 1470. The fourth-order valence-corrected chi connectivity index (χ4v) is 5.88. The molecule has 0 saturated heterocycles. The van der Waals surface area contributed by atoms with Crippen LogP contribution in [0.4, 0.5) is 5.69 Å². The number of sulfonamides is 1. The van der Waals surface area contributed by atoms with Crippen molar-refractivity contribution in [2.75, 3.05) is 12.4 Å². The van der Waals surface area contributed by atoms with Gasteiger partial charge >= 0.3 is 5.97 Å². The minimum Gasteiger partial charge on any atom is -0.465 e. The zero-order valence-electron chi connectivity index (χ0n) is 18.5. The van der Waals surface area contributed by atoms with E-state index < -0.39 is 27.9 Å². The van der Waals surface area contributed by atoms with Gasteiger partial charge in [-0.25, -0.2) is 13.2 Å². The van der Waals surface area contributed by atoms with Gasteiger partial charge in [0.25, 0.3) is 0 Å². The number of fused-ring (bicyclic) bond motifs is 1. The van der Waals surface area contributed by atoms with Crippen molar-refractivity contribution in [3.05, 3.63) is 93.8 Å². The van der Waals surface area contributed by atoms with Gasteiger partial charge in [-0.15, -0.1) is 11.3 Å². The summed E-state index contributed by atoms with van der Waals surface area (Å²) >= 11 is 4.58. The summed E-state index contributed by atoms with van der Waals surface area (Å²) in [6.07, 6.45) is 0.162. The number of halogens is 1. The number of methoxy groups -OCH3 is 1. The lowest BCUT2D eigenvalue weighted by Gasteiger charge is -2.19. The zero-order chi connectivity index (χ0) is 25.0. The molecule has 10 heteroatoms. The van der Waals surface area contributed by atoms with Crippen LogP contribution in [0.3, 0.4) is 0 Å². The highest BCUT2D eigenvalue weighted by molar-refractivity contribution is 9.10.